The maximum absolute atomic E-state index is 4.87. The summed E-state index contributed by atoms with van der Waals surface area (Å²) in [6.07, 6.45) is 4.98. The normalized spacial score (nSPS) is 9.89. The molecule has 0 N–H and O–H groups in total. The summed E-state index contributed by atoms with van der Waals surface area (Å²) < 4.78 is 6.84. The summed E-state index contributed by atoms with van der Waals surface area (Å²) in [7, 11) is 1.70. The molecule has 0 amide bonds. The van der Waals surface area contributed by atoms with Gasteiger partial charge in [-0.25, -0.2) is 0 Å². The van der Waals surface area contributed by atoms with Crippen molar-refractivity contribution in [2.45, 2.75) is 6.54 Å². The molecule has 1 aromatic heterocycles. The lowest BCUT2D eigenvalue weighted by molar-refractivity contribution is 0.187. The lowest BCUT2D eigenvalue weighted by atomic mass is 10.7. The summed E-state index contributed by atoms with van der Waals surface area (Å²) in [5.41, 5.74) is 0. The van der Waals surface area contributed by atoms with Gasteiger partial charge >= 0.3 is 0 Å². The molecule has 1 heterocycles. The van der Waals surface area contributed by atoms with Crippen LogP contribution in [0.5, 0.6) is 0 Å². The Bertz CT molecular complexity index is 146. The van der Waals surface area contributed by atoms with Crippen LogP contribution >= 0.6 is 0 Å². The van der Waals surface area contributed by atoms with Crippen LogP contribution in [0.15, 0.2) is 18.3 Å². The summed E-state index contributed by atoms with van der Waals surface area (Å²) in [5, 5.41) is 0. The number of hydrogen-bond donors (Lipinski definition) is 0. The average molecular weight is 124 g/mol. The van der Waals surface area contributed by atoms with Crippen molar-refractivity contribution in [1.82, 2.24) is 4.57 Å². The van der Waals surface area contributed by atoms with E-state index in [1.54, 1.807) is 7.11 Å². The predicted octanol–water partition coefficient (Wildman–Crippen LogP) is 0.935. The molecule has 1 radical (unpaired) electrons. The van der Waals surface area contributed by atoms with Gasteiger partial charge in [0.05, 0.1) is 12.8 Å². The summed E-state index contributed by atoms with van der Waals surface area (Å²) in [6, 6.07) is 3.84. The van der Waals surface area contributed by atoms with Crippen molar-refractivity contribution < 1.29 is 4.74 Å². The van der Waals surface area contributed by atoms with E-state index in [9.17, 15) is 0 Å². The van der Waals surface area contributed by atoms with Gasteiger partial charge in [-0.05, 0) is 12.1 Å². The van der Waals surface area contributed by atoms with Gasteiger partial charge in [0.15, 0.2) is 0 Å². The summed E-state index contributed by atoms with van der Waals surface area (Å²) in [4.78, 5) is 0. The first-order chi connectivity index (χ1) is 4.43. The Balaban J connectivity index is 2.30. The van der Waals surface area contributed by atoms with E-state index in [2.05, 4.69) is 6.20 Å². The van der Waals surface area contributed by atoms with Crippen molar-refractivity contribution in [2.75, 3.05) is 13.7 Å². The number of methoxy groups -OCH3 is 1. The highest BCUT2D eigenvalue weighted by molar-refractivity contribution is 4.87. The van der Waals surface area contributed by atoms with Gasteiger partial charge in [0, 0.05) is 19.9 Å². The molecule has 0 aromatic carbocycles. The molecule has 1 rings (SSSR count). The summed E-state index contributed by atoms with van der Waals surface area (Å²) in [6.45, 7) is 1.65. The van der Waals surface area contributed by atoms with Crippen LogP contribution < -0.4 is 0 Å². The van der Waals surface area contributed by atoms with Crippen molar-refractivity contribution >= 4 is 0 Å². The van der Waals surface area contributed by atoms with E-state index >= 15 is 0 Å². The Labute approximate surface area is 55.1 Å². The average Bonchev–Trinajstić information content (AvgIpc) is 2.34. The molecule has 2 heteroatoms. The second-order valence-corrected chi connectivity index (χ2v) is 1.82. The van der Waals surface area contributed by atoms with Gasteiger partial charge in [-0.15, -0.1) is 0 Å². The van der Waals surface area contributed by atoms with Crippen molar-refractivity contribution in [3.05, 3.63) is 24.5 Å². The molecule has 0 unspecified atom stereocenters. The maximum Gasteiger partial charge on any atom is 0.0648 e. The standard InChI is InChI=1S/C7H10NO/c1-9-7-6-8-4-2-3-5-8/h2-4H,6-7H2,1H3. The highest BCUT2D eigenvalue weighted by Crippen LogP contribution is 1.87. The van der Waals surface area contributed by atoms with E-state index in [1.165, 1.54) is 0 Å². The summed E-state index contributed by atoms with van der Waals surface area (Å²) >= 11 is 0. The number of ether oxygens (including phenoxy) is 1. The fourth-order valence-corrected chi connectivity index (χ4v) is 0.657. The lowest BCUT2D eigenvalue weighted by Crippen LogP contribution is -2.00. The Morgan fingerprint density at radius 2 is 2.56 bits per heavy atom. The van der Waals surface area contributed by atoms with E-state index in [4.69, 9.17) is 4.74 Å². The van der Waals surface area contributed by atoms with Gasteiger partial charge in [0.2, 0.25) is 0 Å². The number of hydrogen-bond acceptors (Lipinski definition) is 1. The van der Waals surface area contributed by atoms with Crippen LogP contribution in [0, 0.1) is 6.20 Å². The minimum Gasteiger partial charge on any atom is -0.383 e. The van der Waals surface area contributed by atoms with Crippen molar-refractivity contribution in [2.24, 2.45) is 0 Å². The zero-order valence-corrected chi connectivity index (χ0v) is 5.50. The van der Waals surface area contributed by atoms with Gasteiger partial charge in [-0.1, -0.05) is 0 Å². The van der Waals surface area contributed by atoms with E-state index in [0.717, 1.165) is 13.2 Å². The topological polar surface area (TPSA) is 14.2 Å². The molecule has 1 aromatic rings. The summed E-state index contributed by atoms with van der Waals surface area (Å²) in [5.74, 6) is 0. The number of rotatable bonds is 3. The first-order valence-electron chi connectivity index (χ1n) is 2.95. The zero-order valence-electron chi connectivity index (χ0n) is 5.50. The SMILES string of the molecule is COCCn1[c]ccc1. The third-order valence-corrected chi connectivity index (χ3v) is 1.14. The minimum atomic E-state index is 0.755. The minimum absolute atomic E-state index is 0.755. The zero-order chi connectivity index (χ0) is 6.53. The Hall–Kier alpha value is -0.760. The van der Waals surface area contributed by atoms with Gasteiger partial charge in [-0.2, -0.15) is 0 Å². The van der Waals surface area contributed by atoms with Crippen LogP contribution in [0.1, 0.15) is 0 Å². The van der Waals surface area contributed by atoms with Crippen LogP contribution in [0.2, 0.25) is 0 Å². The number of nitrogens with zero attached hydrogens (tertiary/aromatic N) is 1. The van der Waals surface area contributed by atoms with Crippen molar-refractivity contribution in [3.8, 4) is 0 Å². The molecule has 0 fully saturated rings. The molecule has 0 saturated carbocycles. The molecule has 0 saturated heterocycles. The van der Waals surface area contributed by atoms with Crippen LogP contribution in [-0.2, 0) is 11.3 Å². The van der Waals surface area contributed by atoms with Crippen LogP contribution in [0.3, 0.4) is 0 Å². The first-order valence-corrected chi connectivity index (χ1v) is 2.95. The Kier molecular flexibility index (Phi) is 2.33. The highest BCUT2D eigenvalue weighted by atomic mass is 16.5. The van der Waals surface area contributed by atoms with Crippen LogP contribution in [0.25, 0.3) is 0 Å². The quantitative estimate of drug-likeness (QED) is 0.584. The second-order valence-electron chi connectivity index (χ2n) is 1.82. The molecule has 0 aliphatic carbocycles. The molecule has 49 valence electrons. The molecule has 0 atom stereocenters. The predicted molar refractivity (Wildman–Crippen MR) is 35.1 cm³/mol. The molecule has 0 bridgehead atoms. The van der Waals surface area contributed by atoms with E-state index < -0.39 is 0 Å². The second kappa shape index (κ2) is 3.30. The van der Waals surface area contributed by atoms with Gasteiger partial charge in [0.1, 0.15) is 0 Å². The van der Waals surface area contributed by atoms with Crippen molar-refractivity contribution in [1.29, 1.82) is 0 Å². The van der Waals surface area contributed by atoms with E-state index in [1.807, 2.05) is 22.9 Å². The van der Waals surface area contributed by atoms with Gasteiger partial charge in [0.25, 0.3) is 0 Å². The largest absolute Gasteiger partial charge is 0.383 e. The lowest BCUT2D eigenvalue weighted by Gasteiger charge is -1.98. The molecular formula is C7H10NO. The monoisotopic (exact) mass is 124 g/mol. The first kappa shape index (κ1) is 6.36. The molecule has 0 aliphatic heterocycles. The molecule has 0 aliphatic rings. The molecule has 9 heavy (non-hydrogen) atoms. The van der Waals surface area contributed by atoms with Gasteiger partial charge < -0.3 is 9.30 Å². The Morgan fingerprint density at radius 1 is 1.67 bits per heavy atom. The van der Waals surface area contributed by atoms with E-state index in [-0.39, 0.29) is 0 Å². The third-order valence-electron chi connectivity index (χ3n) is 1.14. The molecule has 0 spiro atoms. The van der Waals surface area contributed by atoms with Crippen molar-refractivity contribution in [3.63, 3.8) is 0 Å². The Morgan fingerprint density at radius 3 is 3.11 bits per heavy atom. The van der Waals surface area contributed by atoms with Gasteiger partial charge in [-0.3, -0.25) is 0 Å². The smallest absolute Gasteiger partial charge is 0.0648 e. The van der Waals surface area contributed by atoms with Crippen LogP contribution in [-0.4, -0.2) is 18.3 Å². The fourth-order valence-electron chi connectivity index (χ4n) is 0.657. The third kappa shape index (κ3) is 1.90. The highest BCUT2D eigenvalue weighted by Gasteiger charge is 1.85. The molecule has 2 nitrogen and oxygen atoms in total. The molecular weight excluding hydrogens is 114 g/mol. The number of aromatic nitrogens is 1. The van der Waals surface area contributed by atoms with Crippen LogP contribution in [0.4, 0.5) is 0 Å². The fraction of sp³-hybridized carbons (Fsp3) is 0.429. The maximum atomic E-state index is 4.87. The van der Waals surface area contributed by atoms with E-state index in [0.29, 0.717) is 0 Å².